The van der Waals surface area contributed by atoms with Gasteiger partial charge in [-0.3, -0.25) is 14.2 Å². The molecule has 1 N–H and O–H groups in total. The normalized spacial score (nSPS) is 13.9. The van der Waals surface area contributed by atoms with E-state index < -0.39 is 26.6 Å². The van der Waals surface area contributed by atoms with Crippen molar-refractivity contribution in [1.82, 2.24) is 5.32 Å². The van der Waals surface area contributed by atoms with E-state index in [9.17, 15) is 19.0 Å². The van der Waals surface area contributed by atoms with Crippen LogP contribution in [0.25, 0.3) is 0 Å². The third-order valence-corrected chi connectivity index (χ3v) is 17.1. The quantitative estimate of drug-likeness (QED) is 0.0212. The monoisotopic (exact) mass is 1210 g/mol. The molecule has 0 saturated carbocycles. The second-order valence-electron chi connectivity index (χ2n) is 25.7. The molecule has 0 heterocycles. The molecule has 3 unspecified atom stereocenters. The van der Waals surface area contributed by atoms with Gasteiger partial charge in [-0.05, 0) is 76.7 Å². The summed E-state index contributed by atoms with van der Waals surface area (Å²) in [6.07, 6.45) is 84.5. The van der Waals surface area contributed by atoms with E-state index in [1.807, 2.05) is 33.3 Å². The van der Waals surface area contributed by atoms with Crippen LogP contribution >= 0.6 is 7.82 Å². The Morgan fingerprint density at radius 3 is 1.13 bits per heavy atom. The fraction of sp³-hybridized carbons (Fsp3) is 0.813. The first kappa shape index (κ1) is 82.5. The number of unbranched alkanes of at least 4 members (excludes halogenated alkanes) is 40. The summed E-state index contributed by atoms with van der Waals surface area (Å²) in [4.78, 5) is 40.2. The van der Waals surface area contributed by atoms with E-state index in [0.29, 0.717) is 17.4 Å². The number of nitrogens with one attached hydrogen (secondary N) is 1. The number of ether oxygens (including phenoxy) is 1. The third kappa shape index (κ3) is 65.7. The number of hydrogen-bond acceptors (Lipinski definition) is 7. The van der Waals surface area contributed by atoms with Gasteiger partial charge in [-0.15, -0.1) is 0 Å². The molecule has 9 nitrogen and oxygen atoms in total. The fourth-order valence-electron chi connectivity index (χ4n) is 10.6. The molecule has 0 aromatic rings. The summed E-state index contributed by atoms with van der Waals surface area (Å²) in [5.74, 6) is -0.540. The molecule has 0 aliphatic rings. The number of likely N-dealkylation sites (N-methyl/N-ethyl adjacent to an activating group) is 1. The van der Waals surface area contributed by atoms with Gasteiger partial charge in [0, 0.05) is 12.8 Å². The summed E-state index contributed by atoms with van der Waals surface area (Å²) in [5.41, 5.74) is 0. The molecule has 0 aliphatic heterocycles. The maximum atomic E-state index is 13.6. The van der Waals surface area contributed by atoms with E-state index in [0.717, 1.165) is 103 Å². The van der Waals surface area contributed by atoms with Crippen LogP contribution in [0.5, 0.6) is 0 Å². The average molecular weight is 1210 g/mol. The topological polar surface area (TPSA) is 114 Å². The number of nitrogens with zero attached hydrogens (tertiary/aromatic N) is 1. The van der Waals surface area contributed by atoms with Gasteiger partial charge < -0.3 is 28.5 Å². The summed E-state index contributed by atoms with van der Waals surface area (Å²) in [6, 6.07) is -0.895. The van der Waals surface area contributed by atoms with Crippen molar-refractivity contribution in [2.75, 3.05) is 40.9 Å². The highest BCUT2D eigenvalue weighted by Crippen LogP contribution is 2.38. The van der Waals surface area contributed by atoms with Crippen molar-refractivity contribution in [2.45, 2.75) is 354 Å². The Kier molecular flexibility index (Phi) is 62.5. The molecule has 0 aromatic carbocycles. The molecule has 0 radical (unpaired) electrons. The van der Waals surface area contributed by atoms with Crippen LogP contribution in [0.1, 0.15) is 342 Å². The molecule has 0 rings (SSSR count). The lowest BCUT2D eigenvalue weighted by atomic mass is 10.0. The molecule has 0 fully saturated rings. The minimum Gasteiger partial charge on any atom is -0.756 e. The average Bonchev–Trinajstić information content (AvgIpc) is 3.52. The van der Waals surface area contributed by atoms with Crippen molar-refractivity contribution in [1.29, 1.82) is 0 Å². The van der Waals surface area contributed by atoms with Gasteiger partial charge in [-0.1, -0.05) is 325 Å². The molecule has 1 amide bonds. The second kappa shape index (κ2) is 64.4. The molecule has 0 aromatic heterocycles. The molecule has 0 saturated heterocycles. The summed E-state index contributed by atoms with van der Waals surface area (Å²) in [5, 5.41) is 3.05. The molecule has 0 aliphatic carbocycles. The van der Waals surface area contributed by atoms with Gasteiger partial charge in [-0.25, -0.2) is 0 Å². The molecule has 0 spiro atoms. The molecule has 0 bridgehead atoms. The van der Waals surface area contributed by atoms with E-state index >= 15 is 0 Å². The lowest BCUT2D eigenvalue weighted by Gasteiger charge is -2.30. The van der Waals surface area contributed by atoms with Crippen molar-refractivity contribution in [3.8, 4) is 0 Å². The number of rotatable bonds is 66. The zero-order chi connectivity index (χ0) is 62.1. The van der Waals surface area contributed by atoms with Crippen LogP contribution in [0.4, 0.5) is 0 Å². The van der Waals surface area contributed by atoms with Crippen LogP contribution in [0.2, 0.25) is 0 Å². The molecular weight excluding hydrogens is 1070 g/mol. The first-order valence-electron chi connectivity index (χ1n) is 36.2. The van der Waals surface area contributed by atoms with Crippen molar-refractivity contribution in [3.63, 3.8) is 0 Å². The molecule has 3 atom stereocenters. The highest BCUT2D eigenvalue weighted by molar-refractivity contribution is 7.45. The van der Waals surface area contributed by atoms with Crippen molar-refractivity contribution < 1.29 is 37.3 Å². The van der Waals surface area contributed by atoms with Gasteiger partial charge in [0.2, 0.25) is 5.91 Å². The number of amides is 1. The summed E-state index contributed by atoms with van der Waals surface area (Å²) in [7, 11) is 1.19. The SMILES string of the molecule is CC/C=C\C/C=C\C/C=C\C/C=C\C/C=C\CCCCCCCCCC(=O)OC(/C=C/CCCCCCCCCCCCC)C(COP(=O)([O-])OCC[N+](C)(C)C)NC(=O)CCCCCCCCCCCCCCCCCCCCCCCCC. The van der Waals surface area contributed by atoms with Crippen LogP contribution in [0.15, 0.2) is 72.9 Å². The van der Waals surface area contributed by atoms with E-state index in [-0.39, 0.29) is 24.9 Å². The Balaban J connectivity index is 5.10. The minimum absolute atomic E-state index is 0.0246. The highest BCUT2D eigenvalue weighted by atomic mass is 31.2. The summed E-state index contributed by atoms with van der Waals surface area (Å²) >= 11 is 0. The van der Waals surface area contributed by atoms with Gasteiger partial charge in [0.25, 0.3) is 7.82 Å². The predicted molar refractivity (Wildman–Crippen MR) is 367 cm³/mol. The number of carbonyl (C=O) groups excluding carboxylic acids is 2. The highest BCUT2D eigenvalue weighted by Gasteiger charge is 2.27. The van der Waals surface area contributed by atoms with Crippen LogP contribution in [-0.2, 0) is 27.9 Å². The number of phosphoric acid groups is 1. The smallest absolute Gasteiger partial charge is 0.306 e. The lowest BCUT2D eigenvalue weighted by Crippen LogP contribution is -2.47. The van der Waals surface area contributed by atoms with Crippen molar-refractivity contribution in [2.24, 2.45) is 0 Å². The van der Waals surface area contributed by atoms with Crippen LogP contribution < -0.4 is 10.2 Å². The Bertz CT molecular complexity index is 1680. The lowest BCUT2D eigenvalue weighted by molar-refractivity contribution is -0.870. The maximum Gasteiger partial charge on any atom is 0.306 e. The largest absolute Gasteiger partial charge is 0.756 e. The van der Waals surface area contributed by atoms with Gasteiger partial charge >= 0.3 is 5.97 Å². The Labute approximate surface area is 527 Å². The minimum atomic E-state index is -4.71. The predicted octanol–water partition coefficient (Wildman–Crippen LogP) is 22.5. The molecule has 10 heteroatoms. The number of carbonyl (C=O) groups is 2. The van der Waals surface area contributed by atoms with Gasteiger partial charge in [0.05, 0.1) is 33.8 Å². The first-order chi connectivity index (χ1) is 41.4. The molecule has 496 valence electrons. The standard InChI is InChI=1S/C75H139N2O7P/c1-7-10-13-16-19-22-25-28-30-32-34-36-38-40-42-44-46-49-52-55-58-61-64-67-74(78)76-72(71-83-85(80,81)82-70-69-77(4,5)6)73(66-63-60-57-54-51-48-27-24-21-18-15-12-9-3)84-75(79)68-65-62-59-56-53-50-47-45-43-41-39-37-35-33-31-29-26-23-20-17-14-11-8-2/h11,14,20,23,29,31,35,37,41,43,63,66,72-73H,7-10,12-13,15-19,21-22,24-28,30,32-34,36,38-40,42,44-62,64-65,67-71H2,1-6H3,(H-,76,78,80,81)/b14-11-,23-20-,31-29-,37-35-,43-41-,66-63+. The van der Waals surface area contributed by atoms with Gasteiger partial charge in [0.15, 0.2) is 0 Å². The number of phosphoric ester groups is 1. The van der Waals surface area contributed by atoms with Crippen LogP contribution in [-0.4, -0.2) is 69.4 Å². The first-order valence-corrected chi connectivity index (χ1v) is 37.7. The Hall–Kier alpha value is -2.55. The van der Waals surface area contributed by atoms with Gasteiger partial charge in [-0.2, -0.15) is 0 Å². The van der Waals surface area contributed by atoms with Crippen LogP contribution in [0.3, 0.4) is 0 Å². The van der Waals surface area contributed by atoms with Crippen molar-refractivity contribution in [3.05, 3.63) is 72.9 Å². The molecular formula is C75H139N2O7P. The third-order valence-electron chi connectivity index (χ3n) is 16.2. The van der Waals surface area contributed by atoms with E-state index in [1.54, 1.807) is 0 Å². The van der Waals surface area contributed by atoms with Crippen LogP contribution in [0, 0.1) is 0 Å². The number of hydrogen-bond donors (Lipinski definition) is 1. The summed E-state index contributed by atoms with van der Waals surface area (Å²) < 4.78 is 30.5. The maximum absolute atomic E-state index is 13.6. The second-order valence-corrected chi connectivity index (χ2v) is 27.1. The molecule has 85 heavy (non-hydrogen) atoms. The number of allylic oxidation sites excluding steroid dienone is 11. The van der Waals surface area contributed by atoms with Crippen molar-refractivity contribution >= 4 is 19.7 Å². The Morgan fingerprint density at radius 1 is 0.424 bits per heavy atom. The zero-order valence-electron chi connectivity index (χ0n) is 56.8. The van der Waals surface area contributed by atoms with E-state index in [1.165, 1.54) is 205 Å². The summed E-state index contributed by atoms with van der Waals surface area (Å²) in [6.45, 7) is 6.77. The fourth-order valence-corrected chi connectivity index (χ4v) is 11.3. The number of esters is 1. The Morgan fingerprint density at radius 2 is 0.753 bits per heavy atom. The zero-order valence-corrected chi connectivity index (χ0v) is 57.7. The van der Waals surface area contributed by atoms with E-state index in [4.69, 9.17) is 13.8 Å². The van der Waals surface area contributed by atoms with Gasteiger partial charge in [0.1, 0.15) is 19.3 Å². The van der Waals surface area contributed by atoms with E-state index in [2.05, 4.69) is 86.8 Å². The number of quaternary nitrogens is 1.